The number of sulfonamides is 1. The third-order valence-electron chi connectivity index (χ3n) is 1.48. The van der Waals surface area contributed by atoms with Crippen LogP contribution in [0.15, 0.2) is 15.8 Å². The second kappa shape index (κ2) is 4.14. The third kappa shape index (κ3) is 2.72. The number of hydrogen-bond donors (Lipinski definition) is 2. The summed E-state index contributed by atoms with van der Waals surface area (Å²) in [4.78, 5) is 11.9. The molecule has 0 amide bonds. The minimum absolute atomic E-state index is 0.130. The fourth-order valence-electron chi connectivity index (χ4n) is 0.978. The lowest BCUT2D eigenvalue weighted by Gasteiger charge is -2.07. The largest absolute Gasteiger partial charge is 0.320 e. The van der Waals surface area contributed by atoms with Crippen LogP contribution >= 0.6 is 22.6 Å². The van der Waals surface area contributed by atoms with Crippen LogP contribution in [-0.4, -0.2) is 13.4 Å². The van der Waals surface area contributed by atoms with Gasteiger partial charge in [0, 0.05) is 9.64 Å². The van der Waals surface area contributed by atoms with Crippen LogP contribution in [0.25, 0.3) is 0 Å². The zero-order chi connectivity index (χ0) is 11.8. The van der Waals surface area contributed by atoms with Crippen molar-refractivity contribution in [2.45, 2.75) is 11.3 Å². The van der Waals surface area contributed by atoms with Gasteiger partial charge in [0.2, 0.25) is 15.6 Å². The first-order valence-electron chi connectivity index (χ1n) is 3.47. The monoisotopic (exact) mass is 350 g/mol. The molecule has 15 heavy (non-hydrogen) atoms. The molecule has 0 atom stereocenters. The average molecular weight is 350 g/mol. The first-order valence-corrected chi connectivity index (χ1v) is 6.09. The summed E-state index contributed by atoms with van der Waals surface area (Å²) in [5, 5.41) is 4.76. The van der Waals surface area contributed by atoms with Crippen LogP contribution in [-0.2, 0) is 10.0 Å². The number of alkyl halides is 2. The lowest BCUT2D eigenvalue weighted by atomic mass is 10.3. The first-order chi connectivity index (χ1) is 6.73. The van der Waals surface area contributed by atoms with Crippen LogP contribution in [0.4, 0.5) is 8.78 Å². The fourth-order valence-corrected chi connectivity index (χ4v) is 3.25. The number of aromatic amines is 1. The number of halogens is 3. The highest BCUT2D eigenvalue weighted by Gasteiger charge is 2.24. The van der Waals surface area contributed by atoms with Gasteiger partial charge in [-0.2, -0.15) is 0 Å². The van der Waals surface area contributed by atoms with Gasteiger partial charge in [-0.05, 0) is 22.6 Å². The van der Waals surface area contributed by atoms with Crippen LogP contribution < -0.4 is 10.7 Å². The molecular weight excluding hydrogens is 345 g/mol. The Bertz CT molecular complexity index is 540. The Morgan fingerprint density at radius 2 is 2.00 bits per heavy atom. The molecule has 0 unspecified atom stereocenters. The topological polar surface area (TPSA) is 93.0 Å². The van der Waals surface area contributed by atoms with Crippen molar-refractivity contribution in [3.8, 4) is 0 Å². The maximum Gasteiger partial charge on any atom is 0.279 e. The quantitative estimate of drug-likeness (QED) is 0.764. The van der Waals surface area contributed by atoms with Gasteiger partial charge < -0.3 is 4.98 Å². The normalized spacial score (nSPS) is 12.1. The smallest absolute Gasteiger partial charge is 0.279 e. The molecule has 0 fully saturated rings. The highest BCUT2D eigenvalue weighted by molar-refractivity contribution is 14.1. The van der Waals surface area contributed by atoms with Crippen molar-refractivity contribution < 1.29 is 17.2 Å². The van der Waals surface area contributed by atoms with E-state index >= 15 is 0 Å². The van der Waals surface area contributed by atoms with Gasteiger partial charge in [0.1, 0.15) is 10.6 Å². The van der Waals surface area contributed by atoms with E-state index in [2.05, 4.69) is 0 Å². The molecule has 1 aromatic heterocycles. The van der Waals surface area contributed by atoms with Gasteiger partial charge in [0.05, 0.1) is 0 Å². The van der Waals surface area contributed by atoms with E-state index in [9.17, 15) is 22.0 Å². The van der Waals surface area contributed by atoms with Crippen molar-refractivity contribution in [3.63, 3.8) is 0 Å². The molecule has 0 saturated carbocycles. The maximum absolute atomic E-state index is 12.4. The van der Waals surface area contributed by atoms with Gasteiger partial charge >= 0.3 is 0 Å². The summed E-state index contributed by atoms with van der Waals surface area (Å²) in [5.74, 6) is 0. The summed E-state index contributed by atoms with van der Waals surface area (Å²) < 4.78 is 46.7. The van der Waals surface area contributed by atoms with E-state index in [0.29, 0.717) is 0 Å². The lowest BCUT2D eigenvalue weighted by molar-refractivity contribution is 0.142. The summed E-state index contributed by atoms with van der Waals surface area (Å²) in [5.41, 5.74) is -1.78. The standard InChI is InChI=1S/C6H5F2IN2O3S/c7-6(8)4-5(15(10,13)14)2(9)1-3(12)11-4/h1,6H,(H,11,12)(H2,10,13,14). The summed E-state index contributed by atoms with van der Waals surface area (Å²) in [7, 11) is -4.28. The molecule has 0 saturated heterocycles. The number of nitrogens with one attached hydrogen (secondary N) is 1. The van der Waals surface area contributed by atoms with Gasteiger partial charge in [-0.3, -0.25) is 4.79 Å². The SMILES string of the molecule is NS(=O)(=O)c1c(I)cc(=O)[nH]c1C(F)F. The van der Waals surface area contributed by atoms with E-state index in [1.165, 1.54) is 22.6 Å². The predicted octanol–water partition coefficient (Wildman–Crippen LogP) is 0.565. The van der Waals surface area contributed by atoms with E-state index in [1.54, 1.807) is 4.98 Å². The first kappa shape index (κ1) is 12.5. The number of nitrogens with two attached hydrogens (primary N) is 1. The maximum atomic E-state index is 12.4. The molecule has 1 aromatic rings. The molecule has 5 nitrogen and oxygen atoms in total. The minimum atomic E-state index is -4.28. The van der Waals surface area contributed by atoms with Crippen LogP contribution in [0.3, 0.4) is 0 Å². The molecule has 0 aromatic carbocycles. The Balaban J connectivity index is 3.70. The number of pyridine rings is 1. The van der Waals surface area contributed by atoms with Crippen LogP contribution in [0, 0.1) is 3.57 Å². The highest BCUT2D eigenvalue weighted by Crippen LogP contribution is 2.25. The van der Waals surface area contributed by atoms with Crippen molar-refractivity contribution in [1.29, 1.82) is 0 Å². The second-order valence-corrected chi connectivity index (χ2v) is 5.23. The molecule has 0 spiro atoms. The van der Waals surface area contributed by atoms with Crippen molar-refractivity contribution in [3.05, 3.63) is 25.7 Å². The number of H-pyrrole nitrogens is 1. The Labute approximate surface area is 96.9 Å². The molecule has 3 N–H and O–H groups in total. The molecule has 1 rings (SSSR count). The number of primary sulfonamides is 1. The van der Waals surface area contributed by atoms with Crippen molar-refractivity contribution in [2.24, 2.45) is 5.14 Å². The van der Waals surface area contributed by atoms with Gasteiger partial charge in [-0.25, -0.2) is 22.3 Å². The predicted molar refractivity (Wildman–Crippen MR) is 56.1 cm³/mol. The molecule has 0 bridgehead atoms. The lowest BCUT2D eigenvalue weighted by Crippen LogP contribution is -2.21. The molecule has 84 valence electrons. The molecule has 0 aliphatic carbocycles. The van der Waals surface area contributed by atoms with Crippen molar-refractivity contribution in [2.75, 3.05) is 0 Å². The van der Waals surface area contributed by atoms with Gasteiger partial charge in [0.15, 0.2) is 0 Å². The molecule has 0 aliphatic heterocycles. The third-order valence-corrected chi connectivity index (χ3v) is 3.71. The number of hydrogen-bond acceptors (Lipinski definition) is 3. The molecule has 1 heterocycles. The van der Waals surface area contributed by atoms with E-state index in [-0.39, 0.29) is 3.57 Å². The molecular formula is C6H5F2IN2O3S. The van der Waals surface area contributed by atoms with Crippen molar-refractivity contribution in [1.82, 2.24) is 4.98 Å². The number of rotatable bonds is 2. The molecule has 0 aliphatic rings. The van der Waals surface area contributed by atoms with Crippen LogP contribution in [0.1, 0.15) is 12.1 Å². The van der Waals surface area contributed by atoms with E-state index in [4.69, 9.17) is 5.14 Å². The van der Waals surface area contributed by atoms with Crippen molar-refractivity contribution >= 4 is 32.6 Å². The van der Waals surface area contributed by atoms with Crippen LogP contribution in [0.5, 0.6) is 0 Å². The fraction of sp³-hybridized carbons (Fsp3) is 0.167. The average Bonchev–Trinajstić information content (AvgIpc) is 1.99. The second-order valence-electron chi connectivity index (χ2n) is 2.57. The zero-order valence-corrected chi connectivity index (χ0v) is 9.97. The van der Waals surface area contributed by atoms with Gasteiger partial charge in [-0.15, -0.1) is 0 Å². The van der Waals surface area contributed by atoms with E-state index in [1.807, 2.05) is 0 Å². The zero-order valence-electron chi connectivity index (χ0n) is 7.00. The van der Waals surface area contributed by atoms with E-state index in [0.717, 1.165) is 6.07 Å². The number of aromatic nitrogens is 1. The Hall–Kier alpha value is -0.550. The minimum Gasteiger partial charge on any atom is -0.320 e. The molecule has 0 radical (unpaired) electrons. The van der Waals surface area contributed by atoms with Gasteiger partial charge in [-0.1, -0.05) is 0 Å². The summed E-state index contributed by atoms with van der Waals surface area (Å²) in [6.07, 6.45) is -3.11. The Morgan fingerprint density at radius 3 is 2.40 bits per heavy atom. The summed E-state index contributed by atoms with van der Waals surface area (Å²) in [6.45, 7) is 0. The Kier molecular flexibility index (Phi) is 3.45. The summed E-state index contributed by atoms with van der Waals surface area (Å²) in [6, 6.07) is 0.881. The van der Waals surface area contributed by atoms with Crippen LogP contribution in [0.2, 0.25) is 0 Å². The Morgan fingerprint density at radius 1 is 1.47 bits per heavy atom. The van der Waals surface area contributed by atoms with Gasteiger partial charge in [0.25, 0.3) is 6.43 Å². The van der Waals surface area contributed by atoms with E-state index < -0.39 is 32.6 Å². The molecule has 9 heteroatoms. The summed E-state index contributed by atoms with van der Waals surface area (Å²) >= 11 is 1.46. The highest BCUT2D eigenvalue weighted by atomic mass is 127.